The third-order valence-electron chi connectivity index (χ3n) is 2.49. The molecule has 0 spiro atoms. The zero-order valence-electron chi connectivity index (χ0n) is 9.35. The van der Waals surface area contributed by atoms with Gasteiger partial charge in [0.05, 0.1) is 11.3 Å². The number of nitriles is 1. The normalized spacial score (nSPS) is 19.6. The first-order chi connectivity index (χ1) is 8.31. The number of rotatable bonds is 3. The number of pyridine rings is 1. The molecule has 4 nitrogen and oxygen atoms in total. The van der Waals surface area contributed by atoms with E-state index in [2.05, 4.69) is 16.4 Å². The van der Waals surface area contributed by atoms with Crippen LogP contribution in [0.15, 0.2) is 12.3 Å². The minimum atomic E-state index is 0.448. The van der Waals surface area contributed by atoms with Crippen LogP contribution in [0.1, 0.15) is 5.56 Å². The van der Waals surface area contributed by atoms with Gasteiger partial charge in [0.25, 0.3) is 0 Å². The molecule has 3 N–H and O–H groups in total. The molecule has 0 aromatic carbocycles. The van der Waals surface area contributed by atoms with Crippen molar-refractivity contribution in [3.05, 3.63) is 17.8 Å². The van der Waals surface area contributed by atoms with Crippen molar-refractivity contribution in [2.45, 2.75) is 5.25 Å². The molecule has 0 amide bonds. The molecule has 6 heteroatoms. The van der Waals surface area contributed by atoms with Gasteiger partial charge in [0.1, 0.15) is 6.07 Å². The molecule has 1 aliphatic heterocycles. The highest BCUT2D eigenvalue weighted by Gasteiger charge is 2.15. The Hall–Kier alpha value is -1.06. The molecule has 0 bridgehead atoms. The molecule has 1 saturated heterocycles. The molecular weight excluding hydrogens is 252 g/mol. The number of nitrogens with zero attached hydrogens (tertiary/aromatic N) is 2. The molecule has 1 atom stereocenters. The quantitative estimate of drug-likeness (QED) is 0.869. The molecule has 17 heavy (non-hydrogen) atoms. The number of thioether (sulfide) groups is 2. The van der Waals surface area contributed by atoms with Gasteiger partial charge >= 0.3 is 0 Å². The fourth-order valence-corrected chi connectivity index (χ4v) is 4.19. The van der Waals surface area contributed by atoms with Gasteiger partial charge in [-0.15, -0.1) is 0 Å². The molecular formula is C11H14N4S2. The number of nitrogen functional groups attached to an aromatic ring is 1. The van der Waals surface area contributed by atoms with Crippen LogP contribution in [-0.4, -0.2) is 34.0 Å². The zero-order valence-corrected chi connectivity index (χ0v) is 11.0. The zero-order chi connectivity index (χ0) is 12.1. The highest BCUT2D eigenvalue weighted by atomic mass is 32.2. The molecule has 1 aromatic heterocycles. The first-order valence-electron chi connectivity index (χ1n) is 5.39. The van der Waals surface area contributed by atoms with Crippen molar-refractivity contribution < 1.29 is 0 Å². The van der Waals surface area contributed by atoms with E-state index in [-0.39, 0.29) is 0 Å². The maximum absolute atomic E-state index is 8.87. The standard InChI is InChI=1S/C11H14N4S2/c12-5-8-1-2-14-11(10(8)13)15-6-9-7-16-3-4-17-9/h1-2,9H,3-4,6-7,13H2,(H,14,15). The van der Waals surface area contributed by atoms with Crippen molar-refractivity contribution in [1.29, 1.82) is 5.26 Å². The summed E-state index contributed by atoms with van der Waals surface area (Å²) >= 11 is 3.97. The van der Waals surface area contributed by atoms with Crippen molar-refractivity contribution >= 4 is 35.0 Å². The highest BCUT2D eigenvalue weighted by molar-refractivity contribution is 8.06. The summed E-state index contributed by atoms with van der Waals surface area (Å²) in [5, 5.41) is 12.7. The minimum Gasteiger partial charge on any atom is -0.395 e. The minimum absolute atomic E-state index is 0.448. The molecule has 2 rings (SSSR count). The van der Waals surface area contributed by atoms with Crippen molar-refractivity contribution in [3.63, 3.8) is 0 Å². The Morgan fingerprint density at radius 1 is 1.59 bits per heavy atom. The van der Waals surface area contributed by atoms with Crippen LogP contribution in [-0.2, 0) is 0 Å². The average Bonchev–Trinajstić information content (AvgIpc) is 2.39. The van der Waals surface area contributed by atoms with E-state index in [0.29, 0.717) is 22.3 Å². The number of nitrogens with two attached hydrogens (primary N) is 1. The number of nitrogens with one attached hydrogen (secondary N) is 1. The average molecular weight is 266 g/mol. The second-order valence-corrected chi connectivity index (χ2v) is 6.24. The van der Waals surface area contributed by atoms with E-state index in [1.54, 1.807) is 12.3 Å². The summed E-state index contributed by atoms with van der Waals surface area (Å²) in [5.74, 6) is 4.24. The molecule has 2 heterocycles. The lowest BCUT2D eigenvalue weighted by Crippen LogP contribution is -2.24. The lowest BCUT2D eigenvalue weighted by molar-refractivity contribution is 0.994. The predicted octanol–water partition coefficient (Wildman–Crippen LogP) is 1.80. The Kier molecular flexibility index (Phi) is 4.40. The Labute approximate surface area is 109 Å². The van der Waals surface area contributed by atoms with E-state index in [0.717, 1.165) is 12.3 Å². The smallest absolute Gasteiger partial charge is 0.150 e. The molecule has 0 aliphatic carbocycles. The number of hydrogen-bond acceptors (Lipinski definition) is 6. The van der Waals surface area contributed by atoms with Crippen LogP contribution in [0.5, 0.6) is 0 Å². The Bertz CT molecular complexity index is 424. The molecule has 1 aromatic rings. The Morgan fingerprint density at radius 2 is 2.47 bits per heavy atom. The number of anilines is 2. The number of hydrogen-bond donors (Lipinski definition) is 2. The Balaban J connectivity index is 1.96. The van der Waals surface area contributed by atoms with E-state index >= 15 is 0 Å². The summed E-state index contributed by atoms with van der Waals surface area (Å²) in [5.41, 5.74) is 6.78. The third kappa shape index (κ3) is 3.20. The second kappa shape index (κ2) is 6.03. The summed E-state index contributed by atoms with van der Waals surface area (Å²) in [7, 11) is 0. The summed E-state index contributed by atoms with van der Waals surface area (Å²) in [6, 6.07) is 3.69. The highest BCUT2D eigenvalue weighted by Crippen LogP contribution is 2.25. The first kappa shape index (κ1) is 12.4. The maximum atomic E-state index is 8.87. The van der Waals surface area contributed by atoms with E-state index in [4.69, 9.17) is 11.0 Å². The molecule has 0 radical (unpaired) electrons. The van der Waals surface area contributed by atoms with Gasteiger partial charge in [0.15, 0.2) is 5.82 Å². The summed E-state index contributed by atoms with van der Waals surface area (Å²) < 4.78 is 0. The monoisotopic (exact) mass is 266 g/mol. The topological polar surface area (TPSA) is 74.7 Å². The molecule has 1 fully saturated rings. The van der Waals surface area contributed by atoms with Crippen molar-refractivity contribution in [3.8, 4) is 6.07 Å². The van der Waals surface area contributed by atoms with Gasteiger partial charge < -0.3 is 11.1 Å². The summed E-state index contributed by atoms with van der Waals surface area (Å²) in [6.07, 6.45) is 1.61. The Morgan fingerprint density at radius 3 is 3.18 bits per heavy atom. The van der Waals surface area contributed by atoms with Crippen LogP contribution in [0, 0.1) is 11.3 Å². The SMILES string of the molecule is N#Cc1ccnc(NCC2CSCCS2)c1N. The van der Waals surface area contributed by atoms with E-state index < -0.39 is 0 Å². The molecule has 1 unspecified atom stereocenters. The summed E-state index contributed by atoms with van der Waals surface area (Å²) in [4.78, 5) is 4.17. The fraction of sp³-hybridized carbons (Fsp3) is 0.455. The number of aromatic nitrogens is 1. The van der Waals surface area contributed by atoms with E-state index in [9.17, 15) is 0 Å². The van der Waals surface area contributed by atoms with Crippen molar-refractivity contribution in [1.82, 2.24) is 4.98 Å². The predicted molar refractivity (Wildman–Crippen MR) is 75.4 cm³/mol. The van der Waals surface area contributed by atoms with Crippen molar-refractivity contribution in [2.75, 3.05) is 34.9 Å². The largest absolute Gasteiger partial charge is 0.395 e. The maximum Gasteiger partial charge on any atom is 0.150 e. The van der Waals surface area contributed by atoms with Gasteiger partial charge in [-0.05, 0) is 6.07 Å². The first-order valence-corrected chi connectivity index (χ1v) is 7.59. The molecule has 0 saturated carbocycles. The van der Waals surface area contributed by atoms with Gasteiger partial charge in [-0.1, -0.05) is 0 Å². The van der Waals surface area contributed by atoms with Crippen LogP contribution in [0.3, 0.4) is 0 Å². The lowest BCUT2D eigenvalue weighted by atomic mass is 10.2. The van der Waals surface area contributed by atoms with Crippen LogP contribution in [0.4, 0.5) is 11.5 Å². The lowest BCUT2D eigenvalue weighted by Gasteiger charge is -2.21. The van der Waals surface area contributed by atoms with E-state index in [1.807, 2.05) is 23.5 Å². The van der Waals surface area contributed by atoms with Crippen LogP contribution in [0.2, 0.25) is 0 Å². The molecule has 1 aliphatic rings. The van der Waals surface area contributed by atoms with Gasteiger partial charge in [-0.3, -0.25) is 0 Å². The second-order valence-electron chi connectivity index (χ2n) is 3.68. The van der Waals surface area contributed by atoms with Crippen LogP contribution < -0.4 is 11.1 Å². The van der Waals surface area contributed by atoms with Gasteiger partial charge in [0.2, 0.25) is 0 Å². The summed E-state index contributed by atoms with van der Waals surface area (Å²) in [6.45, 7) is 0.851. The van der Waals surface area contributed by atoms with Gasteiger partial charge in [-0.2, -0.15) is 28.8 Å². The molecule has 90 valence electrons. The third-order valence-corrected chi connectivity index (χ3v) is 5.34. The van der Waals surface area contributed by atoms with E-state index in [1.165, 1.54) is 11.5 Å². The van der Waals surface area contributed by atoms with Gasteiger partial charge in [-0.25, -0.2) is 4.98 Å². The van der Waals surface area contributed by atoms with Crippen LogP contribution in [0.25, 0.3) is 0 Å². The fourth-order valence-electron chi connectivity index (χ4n) is 1.58. The van der Waals surface area contributed by atoms with Crippen LogP contribution >= 0.6 is 23.5 Å². The van der Waals surface area contributed by atoms with Crippen molar-refractivity contribution in [2.24, 2.45) is 0 Å². The van der Waals surface area contributed by atoms with Gasteiger partial charge in [0, 0.05) is 35.3 Å².